The molecule has 22 heavy (non-hydrogen) atoms. The van der Waals surface area contributed by atoms with Crippen LogP contribution in [0.1, 0.15) is 51.5 Å². The first kappa shape index (κ1) is 18.8. The quantitative estimate of drug-likeness (QED) is 0.806. The first-order valence-corrected chi connectivity index (χ1v) is 8.19. The van der Waals surface area contributed by atoms with Crippen LogP contribution in [-0.2, 0) is 11.2 Å². The van der Waals surface area contributed by atoms with E-state index < -0.39 is 0 Å². The van der Waals surface area contributed by atoms with Gasteiger partial charge in [0.15, 0.2) is 0 Å². The van der Waals surface area contributed by atoms with E-state index in [-0.39, 0.29) is 18.3 Å². The molecule has 0 saturated heterocycles. The van der Waals surface area contributed by atoms with Crippen LogP contribution in [0.4, 0.5) is 5.69 Å². The zero-order valence-corrected chi connectivity index (χ0v) is 14.5. The number of benzene rings is 1. The molecule has 2 atom stereocenters. The van der Waals surface area contributed by atoms with E-state index in [0.29, 0.717) is 18.4 Å². The molecule has 1 fully saturated rings. The fourth-order valence-corrected chi connectivity index (χ4v) is 3.27. The summed E-state index contributed by atoms with van der Waals surface area (Å²) in [6, 6.07) is 8.15. The number of rotatable bonds is 5. The zero-order chi connectivity index (χ0) is 15.2. The van der Waals surface area contributed by atoms with Crippen molar-refractivity contribution in [2.45, 2.75) is 58.4 Å². The number of carbonyl (C=O) groups excluding carboxylic acids is 1. The lowest BCUT2D eigenvalue weighted by molar-refractivity contribution is -0.122. The molecule has 0 heterocycles. The van der Waals surface area contributed by atoms with Crippen LogP contribution in [0.15, 0.2) is 24.3 Å². The molecule has 1 aliphatic rings. The van der Waals surface area contributed by atoms with Gasteiger partial charge in [-0.2, -0.15) is 0 Å². The number of nitrogen functional groups attached to an aromatic ring is 1. The highest BCUT2D eigenvalue weighted by atomic mass is 35.5. The number of hydrogen-bond acceptors (Lipinski definition) is 2. The molecule has 1 aliphatic carbocycles. The fourth-order valence-electron chi connectivity index (χ4n) is 3.27. The zero-order valence-electron chi connectivity index (χ0n) is 13.7. The molecular formula is C18H29ClN2O. The van der Waals surface area contributed by atoms with E-state index in [1.54, 1.807) is 0 Å². The number of nitrogens with two attached hydrogens (primary N) is 1. The highest BCUT2D eigenvalue weighted by molar-refractivity contribution is 5.85. The molecule has 3 N–H and O–H groups in total. The number of carbonyl (C=O) groups is 1. The standard InChI is InChI=1S/C18H28N2O.ClH/c1-13(2)15-7-5-8-16(12-15)20-18(21)11-10-14-6-3-4-9-17(14)19;/h3-4,6,9,13,15-16H,5,7-8,10-12,19H2,1-2H3,(H,20,21);1H. The largest absolute Gasteiger partial charge is 0.399 e. The number of halogens is 1. The fraction of sp³-hybridized carbons (Fsp3) is 0.611. The van der Waals surface area contributed by atoms with Gasteiger partial charge in [0.25, 0.3) is 0 Å². The molecule has 0 spiro atoms. The highest BCUT2D eigenvalue weighted by Gasteiger charge is 2.24. The highest BCUT2D eigenvalue weighted by Crippen LogP contribution is 2.29. The van der Waals surface area contributed by atoms with Gasteiger partial charge in [0.1, 0.15) is 0 Å². The molecule has 2 rings (SSSR count). The lowest BCUT2D eigenvalue weighted by Gasteiger charge is -2.32. The molecule has 2 unspecified atom stereocenters. The summed E-state index contributed by atoms with van der Waals surface area (Å²) in [5.74, 6) is 1.63. The summed E-state index contributed by atoms with van der Waals surface area (Å²) in [6.07, 6.45) is 6.05. The predicted octanol–water partition coefficient (Wildman–Crippen LogP) is 3.95. The topological polar surface area (TPSA) is 55.1 Å². The first-order valence-electron chi connectivity index (χ1n) is 8.19. The van der Waals surface area contributed by atoms with Crippen molar-refractivity contribution < 1.29 is 4.79 Å². The van der Waals surface area contributed by atoms with Crippen molar-refractivity contribution in [3.63, 3.8) is 0 Å². The van der Waals surface area contributed by atoms with Gasteiger partial charge in [-0.3, -0.25) is 4.79 Å². The molecule has 1 aromatic rings. The number of nitrogens with one attached hydrogen (secondary N) is 1. The molecule has 4 heteroatoms. The molecule has 0 radical (unpaired) electrons. The van der Waals surface area contributed by atoms with Crippen LogP contribution in [0.3, 0.4) is 0 Å². The van der Waals surface area contributed by atoms with Crippen molar-refractivity contribution in [1.29, 1.82) is 0 Å². The van der Waals surface area contributed by atoms with E-state index in [0.717, 1.165) is 36.4 Å². The molecule has 1 amide bonds. The third-order valence-electron chi connectivity index (χ3n) is 4.70. The molecule has 3 nitrogen and oxygen atoms in total. The molecule has 0 aromatic heterocycles. The second-order valence-electron chi connectivity index (χ2n) is 6.63. The third kappa shape index (κ3) is 5.53. The normalized spacial score (nSPS) is 21.2. The van der Waals surface area contributed by atoms with E-state index >= 15 is 0 Å². The van der Waals surface area contributed by atoms with Crippen molar-refractivity contribution in [2.75, 3.05) is 5.73 Å². The van der Waals surface area contributed by atoms with Crippen molar-refractivity contribution in [3.8, 4) is 0 Å². The minimum atomic E-state index is 0. The van der Waals surface area contributed by atoms with E-state index in [1.165, 1.54) is 12.8 Å². The Labute approximate surface area is 140 Å². The number of hydrogen-bond donors (Lipinski definition) is 2. The molecular weight excluding hydrogens is 296 g/mol. The van der Waals surface area contributed by atoms with Gasteiger partial charge in [-0.15, -0.1) is 12.4 Å². The van der Waals surface area contributed by atoms with Crippen LogP contribution in [0.2, 0.25) is 0 Å². The smallest absolute Gasteiger partial charge is 0.220 e. The molecule has 1 aromatic carbocycles. The Bertz CT molecular complexity index is 476. The molecule has 124 valence electrons. The van der Waals surface area contributed by atoms with Gasteiger partial charge in [-0.1, -0.05) is 44.9 Å². The lowest BCUT2D eigenvalue weighted by Crippen LogP contribution is -2.39. The lowest BCUT2D eigenvalue weighted by atomic mass is 9.79. The number of anilines is 1. The summed E-state index contributed by atoms with van der Waals surface area (Å²) in [6.45, 7) is 4.57. The minimum Gasteiger partial charge on any atom is -0.399 e. The Kier molecular flexibility index (Phi) is 7.74. The van der Waals surface area contributed by atoms with E-state index in [2.05, 4.69) is 19.2 Å². The van der Waals surface area contributed by atoms with Crippen molar-refractivity contribution in [3.05, 3.63) is 29.8 Å². The summed E-state index contributed by atoms with van der Waals surface area (Å²) >= 11 is 0. The van der Waals surface area contributed by atoms with Gasteiger partial charge in [0, 0.05) is 18.2 Å². The average molecular weight is 325 g/mol. The average Bonchev–Trinajstić information content (AvgIpc) is 2.46. The Morgan fingerprint density at radius 3 is 2.73 bits per heavy atom. The summed E-state index contributed by atoms with van der Waals surface area (Å²) in [5, 5.41) is 3.21. The Morgan fingerprint density at radius 1 is 1.32 bits per heavy atom. The van der Waals surface area contributed by atoms with Crippen LogP contribution >= 0.6 is 12.4 Å². The maximum atomic E-state index is 12.1. The van der Waals surface area contributed by atoms with E-state index in [9.17, 15) is 4.79 Å². The van der Waals surface area contributed by atoms with Crippen molar-refractivity contribution in [2.24, 2.45) is 11.8 Å². The van der Waals surface area contributed by atoms with Crippen LogP contribution in [0.25, 0.3) is 0 Å². The summed E-state index contributed by atoms with van der Waals surface area (Å²) in [5.41, 5.74) is 7.76. The van der Waals surface area contributed by atoms with Gasteiger partial charge < -0.3 is 11.1 Å². The first-order chi connectivity index (χ1) is 10.1. The van der Waals surface area contributed by atoms with Crippen LogP contribution in [0, 0.1) is 11.8 Å². The van der Waals surface area contributed by atoms with Crippen molar-refractivity contribution in [1.82, 2.24) is 5.32 Å². The molecule has 1 saturated carbocycles. The maximum Gasteiger partial charge on any atom is 0.220 e. The summed E-state index contributed by atoms with van der Waals surface area (Å²) < 4.78 is 0. The van der Waals surface area contributed by atoms with Crippen LogP contribution in [-0.4, -0.2) is 11.9 Å². The monoisotopic (exact) mass is 324 g/mol. The molecule has 0 bridgehead atoms. The maximum absolute atomic E-state index is 12.1. The number of aryl methyl sites for hydroxylation is 1. The van der Waals surface area contributed by atoms with Crippen LogP contribution < -0.4 is 11.1 Å². The number of amides is 1. The Morgan fingerprint density at radius 2 is 2.05 bits per heavy atom. The Balaban J connectivity index is 0.00000242. The van der Waals surface area contributed by atoms with Gasteiger partial charge in [0.2, 0.25) is 5.91 Å². The number of para-hydroxylation sites is 1. The second-order valence-corrected chi connectivity index (χ2v) is 6.63. The summed E-state index contributed by atoms with van der Waals surface area (Å²) in [4.78, 5) is 12.1. The van der Waals surface area contributed by atoms with Crippen molar-refractivity contribution >= 4 is 24.0 Å². The minimum absolute atomic E-state index is 0. The van der Waals surface area contributed by atoms with Gasteiger partial charge in [-0.05, 0) is 42.7 Å². The SMILES string of the molecule is CC(C)C1CCCC(NC(=O)CCc2ccccc2N)C1.Cl. The Hall–Kier alpha value is -1.22. The third-order valence-corrected chi connectivity index (χ3v) is 4.70. The summed E-state index contributed by atoms with van der Waals surface area (Å²) in [7, 11) is 0. The second kappa shape index (κ2) is 9.04. The van der Waals surface area contributed by atoms with Gasteiger partial charge in [-0.25, -0.2) is 0 Å². The van der Waals surface area contributed by atoms with Gasteiger partial charge >= 0.3 is 0 Å². The van der Waals surface area contributed by atoms with E-state index in [1.807, 2.05) is 24.3 Å². The van der Waals surface area contributed by atoms with Gasteiger partial charge in [0.05, 0.1) is 0 Å². The molecule has 0 aliphatic heterocycles. The predicted molar refractivity (Wildman–Crippen MR) is 95.2 cm³/mol. The van der Waals surface area contributed by atoms with Crippen LogP contribution in [0.5, 0.6) is 0 Å². The van der Waals surface area contributed by atoms with E-state index in [4.69, 9.17) is 5.73 Å².